The third-order valence-corrected chi connectivity index (χ3v) is 2.11. The molecular weight excluding hydrogens is 186 g/mol. The molecule has 2 N–H and O–H groups in total. The summed E-state index contributed by atoms with van der Waals surface area (Å²) < 4.78 is 15.5. The Kier molecular flexibility index (Phi) is 3.94. The van der Waals surface area contributed by atoms with Gasteiger partial charge in [-0.15, -0.1) is 0 Å². The molecule has 5 heteroatoms. The zero-order valence-corrected chi connectivity index (χ0v) is 8.48. The van der Waals surface area contributed by atoms with Crippen LogP contribution in [0.25, 0.3) is 0 Å². The van der Waals surface area contributed by atoms with Gasteiger partial charge < -0.3 is 14.2 Å². The lowest BCUT2D eigenvalue weighted by atomic mass is 10.0. The fourth-order valence-electron chi connectivity index (χ4n) is 1.40. The average molecular weight is 201 g/mol. The van der Waals surface area contributed by atoms with Crippen molar-refractivity contribution < 1.29 is 19.4 Å². The summed E-state index contributed by atoms with van der Waals surface area (Å²) in [7, 11) is 4.69. The summed E-state index contributed by atoms with van der Waals surface area (Å²) in [5, 5.41) is 8.76. The standard InChI is InChI=1S/C9H15NO4/c1-12-7-4-6(10-11)5-8(13-2)9(7)14-3/h4-5,7,9-11H,1-3H3. The van der Waals surface area contributed by atoms with E-state index in [1.165, 1.54) is 0 Å². The lowest BCUT2D eigenvalue weighted by Crippen LogP contribution is -2.34. The fraction of sp³-hybridized carbons (Fsp3) is 0.556. The predicted molar refractivity (Wildman–Crippen MR) is 49.7 cm³/mol. The van der Waals surface area contributed by atoms with E-state index in [9.17, 15) is 0 Å². The smallest absolute Gasteiger partial charge is 0.144 e. The normalized spacial score (nSPS) is 26.6. The molecule has 0 saturated heterocycles. The number of methoxy groups -OCH3 is 3. The van der Waals surface area contributed by atoms with Crippen molar-refractivity contribution in [3.8, 4) is 0 Å². The van der Waals surface area contributed by atoms with Gasteiger partial charge in [0.05, 0.1) is 12.8 Å². The van der Waals surface area contributed by atoms with Gasteiger partial charge in [0.1, 0.15) is 18.0 Å². The monoisotopic (exact) mass is 201 g/mol. The summed E-state index contributed by atoms with van der Waals surface area (Å²) in [4.78, 5) is 0. The third-order valence-electron chi connectivity index (χ3n) is 2.11. The van der Waals surface area contributed by atoms with Gasteiger partial charge in [0.15, 0.2) is 0 Å². The summed E-state index contributed by atoms with van der Waals surface area (Å²) >= 11 is 0. The summed E-state index contributed by atoms with van der Waals surface area (Å²) in [5.74, 6) is 0.610. The minimum absolute atomic E-state index is 0.269. The molecule has 80 valence electrons. The van der Waals surface area contributed by atoms with Crippen LogP contribution in [0.15, 0.2) is 23.6 Å². The van der Waals surface area contributed by atoms with Crippen LogP contribution in [0.1, 0.15) is 0 Å². The molecule has 1 rings (SSSR count). The van der Waals surface area contributed by atoms with Crippen molar-refractivity contribution in [2.75, 3.05) is 21.3 Å². The molecule has 2 atom stereocenters. The summed E-state index contributed by atoms with van der Waals surface area (Å²) in [6, 6.07) is 0. The molecule has 14 heavy (non-hydrogen) atoms. The lowest BCUT2D eigenvalue weighted by Gasteiger charge is -2.27. The van der Waals surface area contributed by atoms with E-state index in [-0.39, 0.29) is 12.2 Å². The van der Waals surface area contributed by atoms with Crippen LogP contribution >= 0.6 is 0 Å². The summed E-state index contributed by atoms with van der Waals surface area (Å²) in [6.07, 6.45) is 2.83. The lowest BCUT2D eigenvalue weighted by molar-refractivity contribution is -0.0202. The van der Waals surface area contributed by atoms with Gasteiger partial charge in [0.25, 0.3) is 0 Å². The molecule has 0 aromatic rings. The molecule has 2 unspecified atom stereocenters. The van der Waals surface area contributed by atoms with E-state index < -0.39 is 0 Å². The number of hydroxylamine groups is 1. The largest absolute Gasteiger partial charge is 0.498 e. The summed E-state index contributed by atoms with van der Waals surface area (Å²) in [6.45, 7) is 0. The number of hydrogen-bond donors (Lipinski definition) is 2. The van der Waals surface area contributed by atoms with Crippen LogP contribution in [0.4, 0.5) is 0 Å². The Labute approximate surface area is 82.9 Å². The minimum atomic E-state index is -0.276. The van der Waals surface area contributed by atoms with E-state index in [2.05, 4.69) is 0 Å². The number of ether oxygens (including phenoxy) is 3. The molecule has 0 fully saturated rings. The molecule has 0 amide bonds. The topological polar surface area (TPSA) is 60.0 Å². The second-order valence-corrected chi connectivity index (χ2v) is 2.84. The second kappa shape index (κ2) is 4.99. The fourth-order valence-corrected chi connectivity index (χ4v) is 1.40. The predicted octanol–water partition coefficient (Wildman–Crippen LogP) is 0.423. The van der Waals surface area contributed by atoms with E-state index in [0.29, 0.717) is 11.5 Å². The van der Waals surface area contributed by atoms with Crippen LogP contribution < -0.4 is 5.48 Å². The maximum Gasteiger partial charge on any atom is 0.144 e. The van der Waals surface area contributed by atoms with Crippen LogP contribution in [0.5, 0.6) is 0 Å². The van der Waals surface area contributed by atoms with Crippen LogP contribution in [-0.4, -0.2) is 38.7 Å². The van der Waals surface area contributed by atoms with Crippen molar-refractivity contribution in [1.29, 1.82) is 0 Å². The maximum atomic E-state index is 8.76. The van der Waals surface area contributed by atoms with E-state index in [0.717, 1.165) is 0 Å². The van der Waals surface area contributed by atoms with Gasteiger partial charge in [-0.05, 0) is 6.08 Å². The van der Waals surface area contributed by atoms with Gasteiger partial charge >= 0.3 is 0 Å². The van der Waals surface area contributed by atoms with E-state index >= 15 is 0 Å². The minimum Gasteiger partial charge on any atom is -0.498 e. The zero-order valence-electron chi connectivity index (χ0n) is 8.48. The highest BCUT2D eigenvalue weighted by atomic mass is 16.6. The van der Waals surface area contributed by atoms with Crippen molar-refractivity contribution >= 4 is 0 Å². The quantitative estimate of drug-likeness (QED) is 0.646. The highest BCUT2D eigenvalue weighted by Crippen LogP contribution is 2.21. The van der Waals surface area contributed by atoms with Gasteiger partial charge in [0.2, 0.25) is 0 Å². The number of hydrogen-bond acceptors (Lipinski definition) is 5. The molecule has 0 aromatic heterocycles. The van der Waals surface area contributed by atoms with E-state index in [1.54, 1.807) is 33.5 Å². The second-order valence-electron chi connectivity index (χ2n) is 2.84. The molecule has 0 heterocycles. The SMILES string of the molecule is COC1=CC(NO)=CC(OC)C1OC. The molecule has 0 saturated carbocycles. The van der Waals surface area contributed by atoms with E-state index in [4.69, 9.17) is 19.4 Å². The molecule has 0 bridgehead atoms. The first-order valence-corrected chi connectivity index (χ1v) is 4.20. The third kappa shape index (κ3) is 2.06. The van der Waals surface area contributed by atoms with Gasteiger partial charge in [-0.3, -0.25) is 10.7 Å². The Morgan fingerprint density at radius 3 is 2.43 bits per heavy atom. The Morgan fingerprint density at radius 1 is 1.29 bits per heavy atom. The van der Waals surface area contributed by atoms with Crippen molar-refractivity contribution in [2.24, 2.45) is 0 Å². The average Bonchev–Trinajstić information content (AvgIpc) is 2.26. The molecule has 5 nitrogen and oxygen atoms in total. The Morgan fingerprint density at radius 2 is 2.00 bits per heavy atom. The Hall–Kier alpha value is -1.04. The van der Waals surface area contributed by atoms with Gasteiger partial charge in [-0.2, -0.15) is 0 Å². The van der Waals surface area contributed by atoms with Crippen molar-refractivity contribution in [1.82, 2.24) is 5.48 Å². The first kappa shape index (κ1) is 11.0. The first-order valence-electron chi connectivity index (χ1n) is 4.20. The van der Waals surface area contributed by atoms with Crippen molar-refractivity contribution in [3.63, 3.8) is 0 Å². The van der Waals surface area contributed by atoms with E-state index in [1.807, 2.05) is 5.48 Å². The van der Waals surface area contributed by atoms with Crippen LogP contribution in [-0.2, 0) is 14.2 Å². The first-order chi connectivity index (χ1) is 6.76. The maximum absolute atomic E-state index is 8.76. The Balaban J connectivity index is 2.89. The van der Waals surface area contributed by atoms with Crippen LogP contribution in [0.3, 0.4) is 0 Å². The molecule has 1 aliphatic rings. The Bertz CT molecular complexity index is 249. The van der Waals surface area contributed by atoms with Gasteiger partial charge in [-0.25, -0.2) is 0 Å². The highest BCUT2D eigenvalue weighted by molar-refractivity contribution is 5.29. The van der Waals surface area contributed by atoms with Crippen molar-refractivity contribution in [3.05, 3.63) is 23.6 Å². The molecule has 0 aliphatic heterocycles. The van der Waals surface area contributed by atoms with Gasteiger partial charge in [-0.1, -0.05) is 0 Å². The number of nitrogens with one attached hydrogen (secondary N) is 1. The molecule has 0 spiro atoms. The van der Waals surface area contributed by atoms with Crippen LogP contribution in [0.2, 0.25) is 0 Å². The molecule has 0 radical (unpaired) electrons. The summed E-state index contributed by atoms with van der Waals surface area (Å²) in [5.41, 5.74) is 2.58. The van der Waals surface area contributed by atoms with Crippen LogP contribution in [0, 0.1) is 0 Å². The molecule has 1 aliphatic carbocycles. The number of rotatable bonds is 4. The zero-order chi connectivity index (χ0) is 10.6. The molecular formula is C9H15NO4. The number of allylic oxidation sites excluding steroid dienone is 1. The highest BCUT2D eigenvalue weighted by Gasteiger charge is 2.28. The molecule has 0 aromatic carbocycles. The van der Waals surface area contributed by atoms with Crippen molar-refractivity contribution in [2.45, 2.75) is 12.2 Å². The van der Waals surface area contributed by atoms with Gasteiger partial charge in [0, 0.05) is 20.3 Å².